The second kappa shape index (κ2) is 7.94. The monoisotopic (exact) mass is 371 g/mol. The second-order valence-corrected chi connectivity index (χ2v) is 4.94. The molecule has 6 heteroatoms. The van der Waals surface area contributed by atoms with Gasteiger partial charge in [-0.1, -0.05) is 5.16 Å². The zero-order chi connectivity index (χ0) is 13.4. The van der Waals surface area contributed by atoms with Crippen molar-refractivity contribution in [3.63, 3.8) is 0 Å². The van der Waals surface area contributed by atoms with Gasteiger partial charge in [0.25, 0.3) is 0 Å². The lowest BCUT2D eigenvalue weighted by Gasteiger charge is -1.89. The number of nitrogens with zero attached hydrogens (tertiary/aromatic N) is 3. The van der Waals surface area contributed by atoms with Gasteiger partial charge in [-0.3, -0.25) is 0 Å². The lowest BCUT2D eigenvalue weighted by molar-refractivity contribution is 0.322. The van der Waals surface area contributed by atoms with Gasteiger partial charge in [0.1, 0.15) is 9.21 Å². The van der Waals surface area contributed by atoms with E-state index in [4.69, 9.17) is 5.21 Å². The zero-order valence-corrected chi connectivity index (χ0v) is 12.8. The topological polar surface area (TPSA) is 58.4 Å². The van der Waals surface area contributed by atoms with Gasteiger partial charge in [0.05, 0.1) is 6.21 Å². The summed E-state index contributed by atoms with van der Waals surface area (Å²) >= 11 is 6.43. The Labute approximate surface area is 122 Å². The zero-order valence-electron chi connectivity index (χ0n) is 9.59. The van der Waals surface area contributed by atoms with Crippen molar-refractivity contribution < 1.29 is 5.21 Å². The van der Waals surface area contributed by atoms with Gasteiger partial charge >= 0.3 is 0 Å². The standard InChI is InChI=1S/C6H5BrN2O.C6H6BrN/c7-6-3-5(4-9-10)1-2-8-6;1-5-2-3-8-6(7)4-5/h1-4,10H;2-4H,1H3. The van der Waals surface area contributed by atoms with E-state index in [9.17, 15) is 0 Å². The van der Waals surface area contributed by atoms with Crippen molar-refractivity contribution in [1.29, 1.82) is 0 Å². The third-order valence-electron chi connectivity index (χ3n) is 1.84. The number of hydrogen-bond acceptors (Lipinski definition) is 4. The highest BCUT2D eigenvalue weighted by Crippen LogP contribution is 2.06. The molecule has 0 aliphatic heterocycles. The predicted octanol–water partition coefficient (Wildman–Crippen LogP) is 3.80. The first kappa shape index (κ1) is 14.8. The molecule has 2 rings (SSSR count). The van der Waals surface area contributed by atoms with Crippen molar-refractivity contribution in [1.82, 2.24) is 9.97 Å². The van der Waals surface area contributed by atoms with E-state index in [0.717, 1.165) is 14.8 Å². The van der Waals surface area contributed by atoms with E-state index in [1.807, 2.05) is 19.1 Å². The van der Waals surface area contributed by atoms with E-state index in [0.29, 0.717) is 0 Å². The first-order valence-corrected chi connectivity index (χ1v) is 6.57. The van der Waals surface area contributed by atoms with Crippen LogP contribution in [0.2, 0.25) is 0 Å². The van der Waals surface area contributed by atoms with Crippen molar-refractivity contribution in [2.75, 3.05) is 0 Å². The van der Waals surface area contributed by atoms with E-state index in [1.54, 1.807) is 24.5 Å². The number of halogens is 2. The third kappa shape index (κ3) is 5.88. The molecule has 1 N–H and O–H groups in total. The largest absolute Gasteiger partial charge is 0.411 e. The Hall–Kier alpha value is -1.27. The fraction of sp³-hybridized carbons (Fsp3) is 0.0833. The Bertz CT molecular complexity index is 515. The molecule has 0 radical (unpaired) electrons. The summed E-state index contributed by atoms with van der Waals surface area (Å²) < 4.78 is 1.63. The van der Waals surface area contributed by atoms with Gasteiger partial charge in [0, 0.05) is 18.0 Å². The molecule has 2 heterocycles. The SMILES string of the molecule is Cc1ccnc(Br)c1.ON=Cc1ccnc(Br)c1. The molecule has 0 aliphatic rings. The minimum Gasteiger partial charge on any atom is -0.411 e. The molecule has 0 amide bonds. The second-order valence-electron chi connectivity index (χ2n) is 3.31. The smallest absolute Gasteiger partial charge is 0.106 e. The molecule has 18 heavy (non-hydrogen) atoms. The van der Waals surface area contributed by atoms with Crippen LogP contribution in [0.1, 0.15) is 11.1 Å². The van der Waals surface area contributed by atoms with Crippen molar-refractivity contribution in [3.05, 3.63) is 57.0 Å². The summed E-state index contributed by atoms with van der Waals surface area (Å²) in [5.74, 6) is 0. The van der Waals surface area contributed by atoms with Crippen LogP contribution in [-0.4, -0.2) is 21.4 Å². The van der Waals surface area contributed by atoms with Crippen LogP contribution in [0.4, 0.5) is 0 Å². The Balaban J connectivity index is 0.000000184. The van der Waals surface area contributed by atoms with Gasteiger partial charge in [-0.2, -0.15) is 0 Å². The maximum Gasteiger partial charge on any atom is 0.106 e. The van der Waals surface area contributed by atoms with Gasteiger partial charge in [0.15, 0.2) is 0 Å². The van der Waals surface area contributed by atoms with Crippen LogP contribution >= 0.6 is 31.9 Å². The quantitative estimate of drug-likeness (QED) is 0.358. The van der Waals surface area contributed by atoms with E-state index in [2.05, 4.69) is 47.0 Å². The summed E-state index contributed by atoms with van der Waals surface area (Å²) in [6, 6.07) is 7.43. The molecule has 94 valence electrons. The maximum absolute atomic E-state index is 8.14. The third-order valence-corrected chi connectivity index (χ3v) is 2.71. The number of aryl methyl sites for hydroxylation is 1. The first-order valence-electron chi connectivity index (χ1n) is 4.99. The average molecular weight is 373 g/mol. The summed E-state index contributed by atoms with van der Waals surface area (Å²) in [4.78, 5) is 7.85. The number of pyridine rings is 2. The molecule has 4 nitrogen and oxygen atoms in total. The molecule has 0 saturated carbocycles. The maximum atomic E-state index is 8.14. The normalized spacial score (nSPS) is 9.94. The van der Waals surface area contributed by atoms with Gasteiger partial charge < -0.3 is 5.21 Å². The lowest BCUT2D eigenvalue weighted by atomic mass is 10.3. The molecule has 0 saturated heterocycles. The highest BCUT2D eigenvalue weighted by Gasteiger charge is 1.88. The van der Waals surface area contributed by atoms with Crippen LogP contribution in [0, 0.1) is 6.92 Å². The summed E-state index contributed by atoms with van der Waals surface area (Å²) in [5, 5.41) is 11.0. The van der Waals surface area contributed by atoms with Gasteiger partial charge in [0.2, 0.25) is 0 Å². The number of oxime groups is 1. The summed E-state index contributed by atoms with van der Waals surface area (Å²) in [7, 11) is 0. The van der Waals surface area contributed by atoms with Crippen LogP contribution in [0.5, 0.6) is 0 Å². The fourth-order valence-corrected chi connectivity index (χ4v) is 1.93. The Morgan fingerprint density at radius 2 is 1.72 bits per heavy atom. The van der Waals surface area contributed by atoms with Crippen LogP contribution in [0.15, 0.2) is 51.0 Å². The highest BCUT2D eigenvalue weighted by atomic mass is 79.9. The van der Waals surface area contributed by atoms with Crippen molar-refractivity contribution in [2.24, 2.45) is 5.16 Å². The Kier molecular flexibility index (Phi) is 6.53. The molecule has 0 aromatic carbocycles. The average Bonchev–Trinajstić information content (AvgIpc) is 2.30. The molecule has 0 unspecified atom stereocenters. The number of hydrogen-bond donors (Lipinski definition) is 1. The van der Waals surface area contributed by atoms with E-state index in [-0.39, 0.29) is 0 Å². The van der Waals surface area contributed by atoms with Crippen molar-refractivity contribution >= 4 is 38.1 Å². The number of aromatic nitrogens is 2. The van der Waals surface area contributed by atoms with Crippen LogP contribution in [-0.2, 0) is 0 Å². The molecule has 0 fully saturated rings. The molecule has 0 bridgehead atoms. The van der Waals surface area contributed by atoms with E-state index in [1.165, 1.54) is 11.8 Å². The fourth-order valence-electron chi connectivity index (χ4n) is 1.06. The Morgan fingerprint density at radius 1 is 1.11 bits per heavy atom. The van der Waals surface area contributed by atoms with E-state index < -0.39 is 0 Å². The Morgan fingerprint density at radius 3 is 2.17 bits per heavy atom. The van der Waals surface area contributed by atoms with Crippen LogP contribution in [0.3, 0.4) is 0 Å². The minimum atomic E-state index is 0.727. The molecule has 0 atom stereocenters. The van der Waals surface area contributed by atoms with Gasteiger partial charge in [-0.25, -0.2) is 9.97 Å². The van der Waals surface area contributed by atoms with E-state index >= 15 is 0 Å². The lowest BCUT2D eigenvalue weighted by Crippen LogP contribution is -1.81. The van der Waals surface area contributed by atoms with Gasteiger partial charge in [-0.15, -0.1) is 0 Å². The van der Waals surface area contributed by atoms with Crippen molar-refractivity contribution in [3.8, 4) is 0 Å². The molecule has 0 aliphatic carbocycles. The molecule has 0 spiro atoms. The molecular weight excluding hydrogens is 362 g/mol. The molecule has 2 aromatic heterocycles. The summed E-state index contributed by atoms with van der Waals surface area (Å²) in [6.07, 6.45) is 4.74. The minimum absolute atomic E-state index is 0.727. The highest BCUT2D eigenvalue weighted by molar-refractivity contribution is 9.10. The number of rotatable bonds is 1. The summed E-state index contributed by atoms with van der Waals surface area (Å²) in [6.45, 7) is 2.03. The molecular formula is C12H11Br2N3O. The predicted molar refractivity (Wildman–Crippen MR) is 78.0 cm³/mol. The summed E-state index contributed by atoms with van der Waals surface area (Å²) in [5.41, 5.74) is 2.04. The van der Waals surface area contributed by atoms with Gasteiger partial charge in [-0.05, 0) is 68.6 Å². The van der Waals surface area contributed by atoms with Crippen LogP contribution < -0.4 is 0 Å². The molecule has 2 aromatic rings. The van der Waals surface area contributed by atoms with Crippen LogP contribution in [0.25, 0.3) is 0 Å². The van der Waals surface area contributed by atoms with Crippen molar-refractivity contribution in [2.45, 2.75) is 6.92 Å². The first-order chi connectivity index (χ1) is 8.61.